The molecule has 0 atom stereocenters. The normalized spacial score (nSPS) is 11.6. The van der Waals surface area contributed by atoms with E-state index in [-0.39, 0.29) is 0 Å². The van der Waals surface area contributed by atoms with Gasteiger partial charge in [0.15, 0.2) is 0 Å². The Kier molecular flexibility index (Phi) is 12.7. The Bertz CT molecular complexity index is 2750. The van der Waals surface area contributed by atoms with Gasteiger partial charge >= 0.3 is 0 Å². The molecule has 0 aromatic heterocycles. The first-order valence-corrected chi connectivity index (χ1v) is 27.0. The standard InChI is InChI=1S/C66H63ClSi/c1-40-13-41(2)20-52(19-40)58-31-59(53-21-42(3)14-43(4)22-53)35-64(34-58)68(67,65-36-60(54-23-44(5)15-45(6)24-54)32-61(37-65)55-25-46(7)16-47(8)26-55)66-38-62(56-27-48(9)17-49(10)28-56)33-63(39-66)57-29-50(11)18-51(12)30-57/h13-39H,1-12H3. The number of aryl methyl sites for hydroxylation is 12. The molecule has 0 aliphatic heterocycles. The summed E-state index contributed by atoms with van der Waals surface area (Å²) < 4.78 is 0. The zero-order valence-corrected chi connectivity index (χ0v) is 43.7. The molecule has 0 unspecified atom stereocenters. The van der Waals surface area contributed by atoms with Gasteiger partial charge in [-0.25, -0.2) is 0 Å². The van der Waals surface area contributed by atoms with Crippen LogP contribution >= 0.6 is 11.1 Å². The van der Waals surface area contributed by atoms with Gasteiger partial charge in [0.1, 0.15) is 0 Å². The number of hydrogen-bond acceptors (Lipinski definition) is 0. The number of hydrogen-bond donors (Lipinski definition) is 0. The third kappa shape index (κ3) is 9.88. The topological polar surface area (TPSA) is 0 Å². The minimum absolute atomic E-state index is 1.15. The Morgan fingerprint density at radius 2 is 0.294 bits per heavy atom. The second-order valence-electron chi connectivity index (χ2n) is 20.3. The molecular formula is C66H63ClSi. The molecule has 338 valence electrons. The maximum Gasteiger partial charge on any atom is 0.248 e. The van der Waals surface area contributed by atoms with E-state index in [1.54, 1.807) is 0 Å². The van der Waals surface area contributed by atoms with Crippen LogP contribution < -0.4 is 15.6 Å². The fourth-order valence-corrected chi connectivity index (χ4v) is 14.9. The summed E-state index contributed by atoms with van der Waals surface area (Å²) in [5, 5.41) is 3.45. The molecular weight excluding hydrogens is 856 g/mol. The van der Waals surface area contributed by atoms with Crippen LogP contribution in [0, 0.1) is 83.1 Å². The molecule has 0 saturated carbocycles. The van der Waals surface area contributed by atoms with Crippen LogP contribution in [0.1, 0.15) is 66.8 Å². The van der Waals surface area contributed by atoms with E-state index in [4.69, 9.17) is 0 Å². The van der Waals surface area contributed by atoms with E-state index < -0.39 is 7.38 Å². The molecule has 68 heavy (non-hydrogen) atoms. The Morgan fingerprint density at radius 1 is 0.176 bits per heavy atom. The lowest BCUT2D eigenvalue weighted by molar-refractivity contribution is 1.38. The van der Waals surface area contributed by atoms with Gasteiger partial charge in [-0.3, -0.25) is 0 Å². The van der Waals surface area contributed by atoms with Crippen molar-refractivity contribution in [3.8, 4) is 66.8 Å². The highest BCUT2D eigenvalue weighted by Crippen LogP contribution is 2.36. The molecule has 0 aliphatic carbocycles. The molecule has 9 aromatic carbocycles. The maximum atomic E-state index is 9.19. The smallest absolute Gasteiger partial charge is 0.149 e. The van der Waals surface area contributed by atoms with E-state index in [0.29, 0.717) is 0 Å². The maximum absolute atomic E-state index is 9.19. The summed E-state index contributed by atoms with van der Waals surface area (Å²) in [6.45, 7) is 26.4. The summed E-state index contributed by atoms with van der Waals surface area (Å²) in [7, 11) is -3.55. The molecule has 0 amide bonds. The second-order valence-corrected chi connectivity index (χ2v) is 25.1. The van der Waals surface area contributed by atoms with Crippen LogP contribution in [0.25, 0.3) is 66.8 Å². The van der Waals surface area contributed by atoms with Gasteiger partial charge in [0.25, 0.3) is 0 Å². The van der Waals surface area contributed by atoms with Crippen molar-refractivity contribution in [2.75, 3.05) is 0 Å². The van der Waals surface area contributed by atoms with Crippen LogP contribution in [-0.4, -0.2) is 7.38 Å². The molecule has 2 heteroatoms. The molecule has 0 aliphatic rings. The average Bonchev–Trinajstić information content (AvgIpc) is 3.26. The van der Waals surface area contributed by atoms with E-state index in [9.17, 15) is 11.1 Å². The lowest BCUT2D eigenvalue weighted by atomic mass is 9.95. The van der Waals surface area contributed by atoms with Gasteiger partial charge in [-0.2, -0.15) is 0 Å². The summed E-state index contributed by atoms with van der Waals surface area (Å²) in [4.78, 5) is 0. The number of rotatable bonds is 9. The fraction of sp³-hybridized carbons (Fsp3) is 0.182. The van der Waals surface area contributed by atoms with Crippen LogP contribution in [0.4, 0.5) is 0 Å². The first kappa shape index (κ1) is 46.6. The molecule has 0 N–H and O–H groups in total. The largest absolute Gasteiger partial charge is 0.248 e. The second kappa shape index (κ2) is 18.5. The Balaban J connectivity index is 1.46. The minimum atomic E-state index is -3.55. The minimum Gasteiger partial charge on any atom is -0.149 e. The quantitative estimate of drug-likeness (QED) is 0.0769. The summed E-state index contributed by atoms with van der Waals surface area (Å²) in [6, 6.07) is 63.2. The average molecular weight is 920 g/mol. The summed E-state index contributed by atoms with van der Waals surface area (Å²) in [5.74, 6) is 0. The first-order valence-electron chi connectivity index (χ1n) is 24.0. The lowest BCUT2D eigenvalue weighted by Gasteiger charge is -2.30. The van der Waals surface area contributed by atoms with Crippen molar-refractivity contribution < 1.29 is 0 Å². The van der Waals surface area contributed by atoms with Gasteiger partial charge in [0.2, 0.25) is 7.38 Å². The van der Waals surface area contributed by atoms with Crippen molar-refractivity contribution in [3.63, 3.8) is 0 Å². The van der Waals surface area contributed by atoms with Crippen molar-refractivity contribution >= 4 is 34.0 Å². The van der Waals surface area contributed by atoms with Crippen molar-refractivity contribution in [2.45, 2.75) is 83.1 Å². The number of benzene rings is 9. The highest BCUT2D eigenvalue weighted by molar-refractivity contribution is 7.40. The molecule has 0 radical (unpaired) electrons. The van der Waals surface area contributed by atoms with Crippen molar-refractivity contribution in [1.82, 2.24) is 0 Å². The summed E-state index contributed by atoms with van der Waals surface area (Å²) >= 11 is 9.19. The van der Waals surface area contributed by atoms with Crippen molar-refractivity contribution in [1.29, 1.82) is 0 Å². The van der Waals surface area contributed by atoms with Gasteiger partial charge in [0, 0.05) is 0 Å². The van der Waals surface area contributed by atoms with E-state index in [2.05, 4.69) is 247 Å². The highest BCUT2D eigenvalue weighted by atomic mass is 35.6. The third-order valence-corrected chi connectivity index (χ3v) is 18.5. The van der Waals surface area contributed by atoms with Gasteiger partial charge in [-0.05, 0) is 184 Å². The summed E-state index contributed by atoms with van der Waals surface area (Å²) in [5.41, 5.74) is 29.1. The van der Waals surface area contributed by atoms with Gasteiger partial charge in [0.05, 0.1) is 0 Å². The molecule has 0 fully saturated rings. The Labute approximate surface area is 412 Å². The molecule has 0 heterocycles. The first-order chi connectivity index (χ1) is 32.3. The lowest BCUT2D eigenvalue weighted by Crippen LogP contribution is -2.63. The van der Waals surface area contributed by atoms with Gasteiger partial charge in [-0.15, -0.1) is 11.1 Å². The van der Waals surface area contributed by atoms with Crippen LogP contribution in [0.15, 0.2) is 164 Å². The molecule has 0 nitrogen and oxygen atoms in total. The fourth-order valence-electron chi connectivity index (χ4n) is 10.8. The highest BCUT2D eigenvalue weighted by Gasteiger charge is 2.40. The van der Waals surface area contributed by atoms with Crippen LogP contribution in [-0.2, 0) is 0 Å². The van der Waals surface area contributed by atoms with Crippen molar-refractivity contribution in [3.05, 3.63) is 231 Å². The predicted molar refractivity (Wildman–Crippen MR) is 299 cm³/mol. The predicted octanol–water partition coefficient (Wildman–Crippen LogP) is 16.6. The third-order valence-electron chi connectivity index (χ3n) is 13.3. The SMILES string of the molecule is Cc1cc(C)cc(-c2cc(-c3cc(C)cc(C)c3)cc([Si](Cl)(c3cc(-c4cc(C)cc(C)c4)cc(-c4cc(C)cc(C)c4)c3)c3cc(-c4cc(C)cc(C)c4)cc(-c4cc(C)cc(C)c4)c3)c2)c1. The molecule has 9 rings (SSSR count). The number of halogens is 1. The molecule has 9 aromatic rings. The van der Waals surface area contributed by atoms with Crippen LogP contribution in [0.3, 0.4) is 0 Å². The Hall–Kier alpha value is -6.51. The van der Waals surface area contributed by atoms with E-state index in [0.717, 1.165) is 15.6 Å². The summed E-state index contributed by atoms with van der Waals surface area (Å²) in [6.07, 6.45) is 0. The van der Waals surface area contributed by atoms with Gasteiger partial charge in [-0.1, -0.05) is 212 Å². The van der Waals surface area contributed by atoms with Gasteiger partial charge < -0.3 is 0 Å². The van der Waals surface area contributed by atoms with Crippen LogP contribution in [0.2, 0.25) is 0 Å². The molecule has 0 saturated heterocycles. The van der Waals surface area contributed by atoms with Crippen molar-refractivity contribution in [2.24, 2.45) is 0 Å². The van der Waals surface area contributed by atoms with Crippen LogP contribution in [0.5, 0.6) is 0 Å². The molecule has 0 spiro atoms. The molecule has 0 bridgehead atoms. The van der Waals surface area contributed by atoms with E-state index >= 15 is 0 Å². The Morgan fingerprint density at radius 3 is 0.426 bits per heavy atom. The van der Waals surface area contributed by atoms with E-state index in [1.807, 2.05) is 0 Å². The van der Waals surface area contributed by atoms with E-state index in [1.165, 1.54) is 134 Å². The zero-order valence-electron chi connectivity index (χ0n) is 42.0. The zero-order chi connectivity index (χ0) is 48.2. The monoisotopic (exact) mass is 918 g/mol.